The Morgan fingerprint density at radius 3 is 2.55 bits per heavy atom. The molecule has 5 rings (SSSR count). The molecule has 1 fully saturated rings. The third-order valence-corrected chi connectivity index (χ3v) is 8.52. The first-order chi connectivity index (χ1) is 18.3. The van der Waals surface area contributed by atoms with Crippen LogP contribution in [0, 0.1) is 19.3 Å². The van der Waals surface area contributed by atoms with Gasteiger partial charge in [0, 0.05) is 30.2 Å². The van der Waals surface area contributed by atoms with E-state index in [0.29, 0.717) is 16.1 Å². The minimum absolute atomic E-state index is 0.0179. The Kier molecular flexibility index (Phi) is 7.38. The number of hydrogen-bond acceptors (Lipinski definition) is 5. The highest BCUT2D eigenvalue weighted by Gasteiger charge is 2.36. The lowest BCUT2D eigenvalue weighted by Gasteiger charge is -2.26. The molecule has 0 bridgehead atoms. The maximum absolute atomic E-state index is 13.0. The van der Waals surface area contributed by atoms with Gasteiger partial charge in [0.25, 0.3) is 5.91 Å². The number of carbonyl (C=O) groups excluding carboxylic acids is 2. The van der Waals surface area contributed by atoms with E-state index in [2.05, 4.69) is 52.8 Å². The maximum Gasteiger partial charge on any atom is 0.283 e. The molecule has 0 aliphatic carbocycles. The van der Waals surface area contributed by atoms with E-state index in [-0.39, 0.29) is 23.7 Å². The minimum Gasteiger partial charge on any atom is -0.342 e. The molecular formula is C29H34N6O2S. The molecule has 1 saturated heterocycles. The number of fused-ring (bicyclic) bond motifs is 1. The first kappa shape index (κ1) is 26.2. The van der Waals surface area contributed by atoms with Crippen molar-refractivity contribution in [1.82, 2.24) is 14.5 Å². The Labute approximate surface area is 228 Å². The lowest BCUT2D eigenvalue weighted by atomic mass is 9.98. The quantitative estimate of drug-likeness (QED) is 0.490. The van der Waals surface area contributed by atoms with Gasteiger partial charge in [-0.1, -0.05) is 26.0 Å². The van der Waals surface area contributed by atoms with E-state index >= 15 is 0 Å². The number of aliphatic imine (C=N–C) groups is 1. The summed E-state index contributed by atoms with van der Waals surface area (Å²) in [7, 11) is 0. The topological polar surface area (TPSA) is 94.1 Å². The first-order valence-electron chi connectivity index (χ1n) is 13.3. The van der Waals surface area contributed by atoms with Gasteiger partial charge in [0.1, 0.15) is 5.04 Å². The van der Waals surface area contributed by atoms with Crippen molar-refractivity contribution in [2.24, 2.45) is 10.1 Å². The number of amidine groups is 2. The number of aryl methyl sites for hydroxylation is 1. The molecule has 1 aromatic heterocycles. The normalized spacial score (nSPS) is 19.5. The summed E-state index contributed by atoms with van der Waals surface area (Å²) in [6.07, 6.45) is 6.21. The van der Waals surface area contributed by atoms with Gasteiger partial charge in [-0.05, 0) is 92.6 Å². The number of carbonyl (C=O) groups is 2. The summed E-state index contributed by atoms with van der Waals surface area (Å²) in [6, 6.07) is 10.6. The average Bonchev–Trinajstić information content (AvgIpc) is 3.45. The Morgan fingerprint density at radius 1 is 1.16 bits per heavy atom. The molecule has 8 nitrogen and oxygen atoms in total. The van der Waals surface area contributed by atoms with Crippen LogP contribution in [-0.2, 0) is 9.59 Å². The number of piperidine rings is 1. The summed E-state index contributed by atoms with van der Waals surface area (Å²) in [5.74, 6) is 0.0697. The van der Waals surface area contributed by atoms with E-state index in [4.69, 9.17) is 5.41 Å². The molecule has 3 aliphatic heterocycles. The van der Waals surface area contributed by atoms with Crippen LogP contribution < -0.4 is 0 Å². The van der Waals surface area contributed by atoms with Crippen LogP contribution in [0.1, 0.15) is 74.4 Å². The molecular weight excluding hydrogens is 496 g/mol. The van der Waals surface area contributed by atoms with Gasteiger partial charge >= 0.3 is 0 Å². The summed E-state index contributed by atoms with van der Waals surface area (Å²) in [6.45, 7) is 10.0. The van der Waals surface area contributed by atoms with E-state index in [1.54, 1.807) is 6.08 Å². The monoisotopic (exact) mass is 530 g/mol. The number of aromatic nitrogens is 1. The van der Waals surface area contributed by atoms with Gasteiger partial charge in [-0.2, -0.15) is 15.1 Å². The molecule has 2 amide bonds. The van der Waals surface area contributed by atoms with Crippen molar-refractivity contribution in [3.05, 3.63) is 58.4 Å². The zero-order valence-corrected chi connectivity index (χ0v) is 23.3. The Morgan fingerprint density at radius 2 is 1.87 bits per heavy atom. The molecule has 0 radical (unpaired) electrons. The summed E-state index contributed by atoms with van der Waals surface area (Å²) >= 11 is 1.20. The number of amides is 2. The summed E-state index contributed by atoms with van der Waals surface area (Å²) in [5, 5.41) is 15.5. The van der Waals surface area contributed by atoms with Crippen molar-refractivity contribution in [3.8, 4) is 5.69 Å². The second-order valence-corrected chi connectivity index (χ2v) is 11.2. The van der Waals surface area contributed by atoms with Gasteiger partial charge in [0.2, 0.25) is 11.1 Å². The maximum atomic E-state index is 13.0. The van der Waals surface area contributed by atoms with Crippen LogP contribution in [0.2, 0.25) is 0 Å². The number of thioether (sulfide) groups is 1. The Balaban J connectivity index is 1.37. The highest BCUT2D eigenvalue weighted by Crippen LogP contribution is 2.31. The predicted octanol–water partition coefficient (Wildman–Crippen LogP) is 5.63. The van der Waals surface area contributed by atoms with E-state index in [0.717, 1.165) is 61.4 Å². The van der Waals surface area contributed by atoms with E-state index in [1.807, 2.05) is 24.8 Å². The average molecular weight is 531 g/mol. The van der Waals surface area contributed by atoms with Gasteiger partial charge in [0.05, 0.1) is 12.0 Å². The molecule has 2 aromatic rings. The number of nitrogens with one attached hydrogen (secondary N) is 1. The number of hydrogen-bond donors (Lipinski definition) is 1. The van der Waals surface area contributed by atoms with Crippen molar-refractivity contribution in [2.75, 3.05) is 13.1 Å². The van der Waals surface area contributed by atoms with Gasteiger partial charge in [-0.15, -0.1) is 0 Å². The van der Waals surface area contributed by atoms with Crippen LogP contribution in [0.25, 0.3) is 11.8 Å². The van der Waals surface area contributed by atoms with E-state index < -0.39 is 5.91 Å². The Bertz CT molecular complexity index is 1380. The van der Waals surface area contributed by atoms with Crippen LogP contribution >= 0.6 is 11.8 Å². The highest BCUT2D eigenvalue weighted by atomic mass is 32.2. The minimum atomic E-state index is -0.463. The van der Waals surface area contributed by atoms with Crippen LogP contribution in [0.3, 0.4) is 0 Å². The molecule has 1 N–H and O–H groups in total. The zero-order chi connectivity index (χ0) is 27.0. The SMILES string of the molecule is CC[C@H](C)c1ccc(-n2c(C)cc(/C=C3\C(=N)N4N=C(CC(=O)N5CCCCC5)SC4=NC3=O)c2C)cc1. The number of nitrogens with zero attached hydrogens (tertiary/aromatic N) is 5. The third-order valence-electron chi connectivity index (χ3n) is 7.61. The van der Waals surface area contributed by atoms with E-state index in [9.17, 15) is 9.59 Å². The fourth-order valence-corrected chi connectivity index (χ4v) is 6.04. The van der Waals surface area contributed by atoms with Gasteiger partial charge in [0.15, 0.2) is 5.84 Å². The molecule has 198 valence electrons. The molecule has 9 heteroatoms. The fraction of sp³-hybridized carbons (Fsp3) is 0.414. The van der Waals surface area contributed by atoms with Crippen molar-refractivity contribution in [3.63, 3.8) is 0 Å². The largest absolute Gasteiger partial charge is 0.342 e. The van der Waals surface area contributed by atoms with Gasteiger partial charge in [-0.25, -0.2) is 0 Å². The van der Waals surface area contributed by atoms with Crippen molar-refractivity contribution in [1.29, 1.82) is 5.41 Å². The van der Waals surface area contributed by atoms with Gasteiger partial charge in [-0.3, -0.25) is 15.0 Å². The highest BCUT2D eigenvalue weighted by molar-refractivity contribution is 8.27. The fourth-order valence-electron chi connectivity index (χ4n) is 5.16. The van der Waals surface area contributed by atoms with Gasteiger partial charge < -0.3 is 9.47 Å². The molecule has 38 heavy (non-hydrogen) atoms. The predicted molar refractivity (Wildman–Crippen MR) is 154 cm³/mol. The van der Waals surface area contributed by atoms with Crippen LogP contribution in [0.15, 0.2) is 46.0 Å². The molecule has 3 aliphatic rings. The van der Waals surface area contributed by atoms with Crippen LogP contribution in [0.5, 0.6) is 0 Å². The smallest absolute Gasteiger partial charge is 0.283 e. The lowest BCUT2D eigenvalue weighted by Crippen LogP contribution is -2.36. The standard InChI is InChI=1S/C29H34N6O2S/c1-5-18(2)21-9-11-23(12-10-21)34-19(3)15-22(20(34)4)16-24-27(30)35-29(31-28(24)37)38-25(32-35)17-26(36)33-13-7-6-8-14-33/h9-12,15-16,18,30H,5-8,13-14,17H2,1-4H3/b24-16+,30-27?/t18-/m0/s1. The first-order valence-corrected chi connectivity index (χ1v) is 14.1. The van der Waals surface area contributed by atoms with Crippen molar-refractivity contribution < 1.29 is 9.59 Å². The number of likely N-dealkylation sites (tertiary alicyclic amines) is 1. The van der Waals surface area contributed by atoms with E-state index in [1.165, 1.54) is 22.3 Å². The number of rotatable bonds is 6. The van der Waals surface area contributed by atoms with Crippen LogP contribution in [0.4, 0.5) is 0 Å². The number of hydrazone groups is 1. The molecule has 1 aromatic carbocycles. The zero-order valence-electron chi connectivity index (χ0n) is 22.5. The molecule has 0 saturated carbocycles. The molecule has 1 atom stereocenters. The summed E-state index contributed by atoms with van der Waals surface area (Å²) < 4.78 is 2.16. The Hall–Kier alpha value is -3.46. The lowest BCUT2D eigenvalue weighted by molar-refractivity contribution is -0.130. The second-order valence-electron chi connectivity index (χ2n) is 10.2. The summed E-state index contributed by atoms with van der Waals surface area (Å²) in [4.78, 5) is 31.7. The number of benzene rings is 1. The van der Waals surface area contributed by atoms with Crippen LogP contribution in [-0.4, -0.2) is 55.4 Å². The van der Waals surface area contributed by atoms with Crippen molar-refractivity contribution in [2.45, 2.75) is 65.7 Å². The van der Waals surface area contributed by atoms with Crippen molar-refractivity contribution >= 4 is 45.7 Å². The second kappa shape index (κ2) is 10.7. The third kappa shape index (κ3) is 4.99. The summed E-state index contributed by atoms with van der Waals surface area (Å²) in [5.41, 5.74) is 5.44. The molecule has 4 heterocycles. The molecule has 0 spiro atoms. The molecule has 0 unspecified atom stereocenters.